The van der Waals surface area contributed by atoms with E-state index in [4.69, 9.17) is 0 Å². The topological polar surface area (TPSA) is 0 Å². The van der Waals surface area contributed by atoms with Crippen LogP contribution in [0.25, 0.3) is 0 Å². The maximum atomic E-state index is 3.12. The van der Waals surface area contributed by atoms with Gasteiger partial charge in [0.2, 0.25) is 0 Å². The molecule has 4 heteroatoms. The van der Waals surface area contributed by atoms with Crippen LogP contribution in [0.3, 0.4) is 0 Å². The van der Waals surface area contributed by atoms with Crippen LogP contribution in [0, 0.1) is 27.0 Å². The predicted octanol–water partition coefficient (Wildman–Crippen LogP) is 3.95. The van der Waals surface area contributed by atoms with E-state index in [-0.39, 0.29) is 76.5 Å². The second kappa shape index (κ2) is 22.8. The minimum Gasteiger partial charge on any atom is -0.358 e. The molecule has 2 aliphatic carbocycles. The van der Waals surface area contributed by atoms with Gasteiger partial charge in [-0.25, -0.2) is 23.3 Å². The van der Waals surface area contributed by atoms with E-state index in [1.54, 1.807) is 0 Å². The number of hydrogen-bond donors (Lipinski definition) is 0. The first kappa shape index (κ1) is 36.3. The van der Waals surface area contributed by atoms with Crippen LogP contribution < -0.4 is 0 Å². The van der Waals surface area contributed by atoms with Gasteiger partial charge in [0, 0.05) is 0 Å². The third-order valence-electron chi connectivity index (χ3n) is 1.73. The molecule has 0 spiro atoms. The summed E-state index contributed by atoms with van der Waals surface area (Å²) in [6.45, 7) is 4.12. The van der Waals surface area contributed by atoms with Crippen LogP contribution in [0.4, 0.5) is 0 Å². The summed E-state index contributed by atoms with van der Waals surface area (Å²) in [5, 5.41) is 0. The van der Waals surface area contributed by atoms with Crippen molar-refractivity contribution >= 4 is 35.8 Å². The molecule has 18 heavy (non-hydrogen) atoms. The van der Waals surface area contributed by atoms with Crippen LogP contribution in [0.1, 0.15) is 26.7 Å². The minimum atomic E-state index is 0. The molecule has 0 aliphatic heterocycles. The molecule has 0 bridgehead atoms. The first-order valence-electron chi connectivity index (χ1n) is 4.27. The molecule has 0 aromatic carbocycles. The van der Waals surface area contributed by atoms with Gasteiger partial charge in [0.25, 0.3) is 0 Å². The van der Waals surface area contributed by atoms with E-state index in [1.165, 1.54) is 11.1 Å². The summed E-state index contributed by atoms with van der Waals surface area (Å²) >= 11 is 0. The van der Waals surface area contributed by atoms with Gasteiger partial charge in [-0.3, -0.25) is 12.2 Å². The predicted molar refractivity (Wildman–Crippen MR) is 89.6 cm³/mol. The molecule has 0 N–H and O–H groups in total. The molecule has 0 atom stereocenters. The SMILES string of the molecule is CC1=[C-]CC=C1.CC1=[C-]CC=C1.Cl.Cl.[CH3-].[CH3-].[Hf+4].[SiH3]. The van der Waals surface area contributed by atoms with E-state index in [2.05, 4.69) is 50.3 Å². The Morgan fingerprint density at radius 2 is 1.11 bits per heavy atom. The van der Waals surface area contributed by atoms with Crippen molar-refractivity contribution in [3.8, 4) is 0 Å². The standard InChI is InChI=1S/2C6H7.2CH3.2ClH.Hf.H3Si/c2*1-6-4-2-3-5-6;;;;;;/h2*2,4H,3H2,1H3;2*1H3;2*1H;;1H3/q4*-1;;;+4;. The van der Waals surface area contributed by atoms with Gasteiger partial charge in [-0.05, 0) is 11.0 Å². The molecular formula is C14H25Cl2HfSi. The Morgan fingerprint density at radius 3 is 1.17 bits per heavy atom. The van der Waals surface area contributed by atoms with Crippen molar-refractivity contribution in [2.45, 2.75) is 26.7 Å². The van der Waals surface area contributed by atoms with E-state index >= 15 is 0 Å². The molecule has 0 saturated carbocycles. The maximum absolute atomic E-state index is 3.12. The minimum absolute atomic E-state index is 0. The first-order chi connectivity index (χ1) is 5.79. The van der Waals surface area contributed by atoms with Crippen molar-refractivity contribution in [1.29, 1.82) is 0 Å². The molecule has 0 saturated heterocycles. The quantitative estimate of drug-likeness (QED) is 0.371. The molecule has 0 amide bonds. The van der Waals surface area contributed by atoms with Gasteiger partial charge in [-0.15, -0.1) is 37.7 Å². The fourth-order valence-electron chi connectivity index (χ4n) is 1.03. The first-order valence-corrected chi connectivity index (χ1v) is 4.27. The van der Waals surface area contributed by atoms with E-state index in [9.17, 15) is 0 Å². The van der Waals surface area contributed by atoms with Crippen LogP contribution in [0.5, 0.6) is 0 Å². The van der Waals surface area contributed by atoms with Gasteiger partial charge < -0.3 is 14.9 Å². The molecule has 0 fully saturated rings. The Hall–Kier alpha value is 0.627. The van der Waals surface area contributed by atoms with Gasteiger partial charge in [-0.1, -0.05) is 13.8 Å². The number of allylic oxidation sites excluding steroid dienone is 8. The zero-order chi connectivity index (χ0) is 8.81. The number of hydrogen-bond acceptors (Lipinski definition) is 0. The number of rotatable bonds is 0. The third kappa shape index (κ3) is 19.0. The molecule has 0 aromatic rings. The summed E-state index contributed by atoms with van der Waals surface area (Å²) in [6, 6.07) is 0. The third-order valence-corrected chi connectivity index (χ3v) is 1.73. The molecular weight excluding hydrogens is 446 g/mol. The van der Waals surface area contributed by atoms with Crippen molar-refractivity contribution in [3.05, 3.63) is 62.5 Å². The van der Waals surface area contributed by atoms with Crippen LogP contribution >= 0.6 is 24.8 Å². The van der Waals surface area contributed by atoms with Crippen LogP contribution in [0.15, 0.2) is 35.5 Å². The molecule has 0 unspecified atom stereocenters. The van der Waals surface area contributed by atoms with Crippen LogP contribution in [0.2, 0.25) is 0 Å². The Kier molecular flexibility index (Phi) is 45.9. The van der Waals surface area contributed by atoms with Gasteiger partial charge in [0.05, 0.1) is 0 Å². The summed E-state index contributed by atoms with van der Waals surface area (Å²) in [7, 11) is 0. The Morgan fingerprint density at radius 1 is 0.833 bits per heavy atom. The monoisotopic (exact) mass is 471 g/mol. The van der Waals surface area contributed by atoms with Crippen LogP contribution in [-0.4, -0.2) is 11.0 Å². The zero-order valence-corrected chi connectivity index (χ0v) is 19.3. The second-order valence-electron chi connectivity index (χ2n) is 2.93. The molecule has 103 valence electrons. The molecule has 0 aromatic heterocycles. The van der Waals surface area contributed by atoms with E-state index in [1.807, 2.05) is 0 Å². The van der Waals surface area contributed by atoms with Crippen molar-refractivity contribution in [2.75, 3.05) is 0 Å². The van der Waals surface area contributed by atoms with Gasteiger partial charge in [-0.2, -0.15) is 12.2 Å². The van der Waals surface area contributed by atoms with Gasteiger partial charge in [0.1, 0.15) is 0 Å². The van der Waals surface area contributed by atoms with E-state index in [0.29, 0.717) is 0 Å². The largest absolute Gasteiger partial charge is 4.00 e. The Labute approximate surface area is 150 Å². The average Bonchev–Trinajstić information content (AvgIpc) is 2.63. The Balaban J connectivity index is -0.0000000300. The molecule has 0 nitrogen and oxygen atoms in total. The molecule has 0 heterocycles. The summed E-state index contributed by atoms with van der Waals surface area (Å²) in [5.41, 5.74) is 2.55. The summed E-state index contributed by atoms with van der Waals surface area (Å²) in [6.07, 6.45) is 16.7. The summed E-state index contributed by atoms with van der Waals surface area (Å²) in [5.74, 6) is 0. The van der Waals surface area contributed by atoms with E-state index in [0.717, 1.165) is 12.8 Å². The fourth-order valence-corrected chi connectivity index (χ4v) is 1.03. The fraction of sp³-hybridized carbons (Fsp3) is 0.286. The van der Waals surface area contributed by atoms with Crippen LogP contribution in [-0.2, 0) is 25.8 Å². The summed E-state index contributed by atoms with van der Waals surface area (Å²) in [4.78, 5) is 0. The van der Waals surface area contributed by atoms with E-state index < -0.39 is 0 Å². The molecule has 2 aliphatic rings. The van der Waals surface area contributed by atoms with Crippen molar-refractivity contribution in [1.82, 2.24) is 0 Å². The zero-order valence-electron chi connectivity index (χ0n) is 12.0. The smallest absolute Gasteiger partial charge is 0.358 e. The Bertz CT molecular complexity index is 235. The molecule has 1 radical (unpaired) electrons. The second-order valence-corrected chi connectivity index (χ2v) is 2.93. The van der Waals surface area contributed by atoms with Crippen molar-refractivity contribution in [2.24, 2.45) is 0 Å². The van der Waals surface area contributed by atoms with Gasteiger partial charge >= 0.3 is 25.8 Å². The van der Waals surface area contributed by atoms with Crippen molar-refractivity contribution < 1.29 is 25.8 Å². The average molecular weight is 471 g/mol. The normalized spacial score (nSPS) is 12.3. The van der Waals surface area contributed by atoms with Crippen molar-refractivity contribution in [3.63, 3.8) is 0 Å². The molecule has 2 rings (SSSR count). The number of halogens is 2. The van der Waals surface area contributed by atoms with Gasteiger partial charge in [0.15, 0.2) is 0 Å². The maximum Gasteiger partial charge on any atom is 4.00 e. The summed E-state index contributed by atoms with van der Waals surface area (Å²) < 4.78 is 0.